The van der Waals surface area contributed by atoms with Crippen molar-refractivity contribution < 1.29 is 4.79 Å². The monoisotopic (exact) mass is 248 g/mol. The molecule has 1 amide bonds. The Hall–Kier alpha value is -1.35. The van der Waals surface area contributed by atoms with E-state index in [0.717, 1.165) is 13.0 Å². The molecule has 1 aromatic rings. The van der Waals surface area contributed by atoms with Crippen LogP contribution in [0.4, 0.5) is 0 Å². The first-order valence-electron chi connectivity index (χ1n) is 6.36. The zero-order valence-corrected chi connectivity index (χ0v) is 11.9. The second kappa shape index (κ2) is 6.01. The van der Waals surface area contributed by atoms with Crippen molar-refractivity contribution in [3.63, 3.8) is 0 Å². The van der Waals surface area contributed by atoms with Crippen LogP contribution in [0.15, 0.2) is 24.3 Å². The lowest BCUT2D eigenvalue weighted by Crippen LogP contribution is -2.40. The third-order valence-electron chi connectivity index (χ3n) is 2.89. The molecular weight excluding hydrogens is 224 g/mol. The number of nitrogens with two attached hydrogens (primary N) is 1. The van der Waals surface area contributed by atoms with Crippen molar-refractivity contribution in [1.82, 2.24) is 4.90 Å². The minimum Gasteiger partial charge on any atom is -0.345 e. The van der Waals surface area contributed by atoms with Crippen molar-refractivity contribution in [3.05, 3.63) is 35.4 Å². The topological polar surface area (TPSA) is 46.3 Å². The molecule has 0 heterocycles. The van der Waals surface area contributed by atoms with Gasteiger partial charge in [-0.25, -0.2) is 0 Å². The molecule has 100 valence electrons. The molecule has 0 fully saturated rings. The molecule has 18 heavy (non-hydrogen) atoms. The molecule has 1 aromatic carbocycles. The Morgan fingerprint density at radius 1 is 1.28 bits per heavy atom. The molecule has 0 aliphatic heterocycles. The van der Waals surface area contributed by atoms with Gasteiger partial charge in [-0.05, 0) is 32.8 Å². The van der Waals surface area contributed by atoms with Crippen LogP contribution in [0.5, 0.6) is 0 Å². The highest BCUT2D eigenvalue weighted by atomic mass is 16.2. The highest BCUT2D eigenvalue weighted by Crippen LogP contribution is 2.08. The zero-order chi connectivity index (χ0) is 13.8. The number of aryl methyl sites for hydroxylation is 1. The number of likely N-dealkylation sites (N-methyl/N-ethyl adjacent to an activating group) is 1. The number of rotatable bonds is 5. The predicted octanol–water partition coefficient (Wildman–Crippen LogP) is 2.12. The van der Waals surface area contributed by atoms with Crippen LogP contribution in [-0.2, 0) is 11.2 Å². The molecule has 0 aromatic heterocycles. The fraction of sp³-hybridized carbons (Fsp3) is 0.533. The zero-order valence-electron chi connectivity index (χ0n) is 11.9. The van der Waals surface area contributed by atoms with E-state index in [2.05, 4.69) is 31.2 Å². The summed E-state index contributed by atoms with van der Waals surface area (Å²) in [5.74, 6) is 0.106. The Labute approximate surface area is 110 Å². The van der Waals surface area contributed by atoms with Crippen LogP contribution in [0.25, 0.3) is 0 Å². The summed E-state index contributed by atoms with van der Waals surface area (Å²) in [6, 6.07) is 8.42. The van der Waals surface area contributed by atoms with E-state index in [-0.39, 0.29) is 5.91 Å². The van der Waals surface area contributed by atoms with Crippen LogP contribution in [0, 0.1) is 6.92 Å². The number of amides is 1. The van der Waals surface area contributed by atoms with Gasteiger partial charge in [0.25, 0.3) is 0 Å². The minimum absolute atomic E-state index is 0.106. The van der Waals surface area contributed by atoms with Gasteiger partial charge in [-0.1, -0.05) is 29.8 Å². The Morgan fingerprint density at radius 2 is 1.83 bits per heavy atom. The lowest BCUT2D eigenvalue weighted by Gasteiger charge is -2.23. The van der Waals surface area contributed by atoms with E-state index in [1.54, 1.807) is 4.90 Å². The van der Waals surface area contributed by atoms with E-state index in [1.165, 1.54) is 11.1 Å². The van der Waals surface area contributed by atoms with Crippen LogP contribution >= 0.6 is 0 Å². The van der Waals surface area contributed by atoms with Crippen LogP contribution in [0.3, 0.4) is 0 Å². The fourth-order valence-electron chi connectivity index (χ4n) is 1.70. The molecule has 0 spiro atoms. The molecule has 0 radical (unpaired) electrons. The fourth-order valence-corrected chi connectivity index (χ4v) is 1.70. The second-order valence-electron chi connectivity index (χ2n) is 5.72. The van der Waals surface area contributed by atoms with Gasteiger partial charge in [0.2, 0.25) is 5.91 Å². The second-order valence-corrected chi connectivity index (χ2v) is 5.72. The molecule has 0 aliphatic rings. The molecule has 3 heteroatoms. The molecule has 0 aliphatic carbocycles. The third-order valence-corrected chi connectivity index (χ3v) is 2.89. The summed E-state index contributed by atoms with van der Waals surface area (Å²) in [4.78, 5) is 13.6. The van der Waals surface area contributed by atoms with Gasteiger partial charge in [0, 0.05) is 25.6 Å². The number of carbonyl (C=O) groups excluding carboxylic acids is 1. The molecule has 2 N–H and O–H groups in total. The Kier molecular flexibility index (Phi) is 4.91. The maximum Gasteiger partial charge on any atom is 0.224 e. The lowest BCUT2D eigenvalue weighted by molar-refractivity contribution is -0.130. The van der Waals surface area contributed by atoms with Crippen LogP contribution in [0.2, 0.25) is 0 Å². The summed E-state index contributed by atoms with van der Waals surface area (Å²) in [5, 5.41) is 0. The standard InChI is InChI=1S/C15H24N2O/c1-12-5-7-13(8-6-12)9-10-17(4)14(18)11-15(2,3)16/h5-8H,9-11,16H2,1-4H3. The van der Waals surface area contributed by atoms with Crippen molar-refractivity contribution in [1.29, 1.82) is 0 Å². The summed E-state index contributed by atoms with van der Waals surface area (Å²) in [5.41, 5.74) is 7.93. The molecular formula is C15H24N2O. The van der Waals surface area contributed by atoms with Gasteiger partial charge in [-0.2, -0.15) is 0 Å². The van der Waals surface area contributed by atoms with E-state index in [1.807, 2.05) is 20.9 Å². The van der Waals surface area contributed by atoms with Gasteiger partial charge in [-0.3, -0.25) is 4.79 Å². The first-order valence-corrected chi connectivity index (χ1v) is 6.36. The van der Waals surface area contributed by atoms with E-state index < -0.39 is 5.54 Å². The SMILES string of the molecule is Cc1ccc(CCN(C)C(=O)CC(C)(C)N)cc1. The average Bonchev–Trinajstić information content (AvgIpc) is 2.25. The molecule has 1 rings (SSSR count). The van der Waals surface area contributed by atoms with E-state index in [4.69, 9.17) is 5.73 Å². The van der Waals surface area contributed by atoms with E-state index >= 15 is 0 Å². The van der Waals surface area contributed by atoms with E-state index in [0.29, 0.717) is 6.42 Å². The predicted molar refractivity (Wildman–Crippen MR) is 75.4 cm³/mol. The van der Waals surface area contributed by atoms with Crippen molar-refractivity contribution in [2.24, 2.45) is 5.73 Å². The first kappa shape index (κ1) is 14.7. The summed E-state index contributed by atoms with van der Waals surface area (Å²) < 4.78 is 0. The summed E-state index contributed by atoms with van der Waals surface area (Å²) >= 11 is 0. The smallest absolute Gasteiger partial charge is 0.224 e. The highest BCUT2D eigenvalue weighted by Gasteiger charge is 2.18. The summed E-state index contributed by atoms with van der Waals surface area (Å²) in [7, 11) is 1.84. The van der Waals surface area contributed by atoms with Gasteiger partial charge >= 0.3 is 0 Å². The quantitative estimate of drug-likeness (QED) is 0.867. The van der Waals surface area contributed by atoms with Gasteiger partial charge in [0.15, 0.2) is 0 Å². The highest BCUT2D eigenvalue weighted by molar-refractivity contribution is 5.77. The number of hydrogen-bond acceptors (Lipinski definition) is 2. The number of carbonyl (C=O) groups is 1. The van der Waals surface area contributed by atoms with Gasteiger partial charge in [0.05, 0.1) is 0 Å². The third kappa shape index (κ3) is 5.32. The number of hydrogen-bond donors (Lipinski definition) is 1. The maximum atomic E-state index is 11.9. The molecule has 0 unspecified atom stereocenters. The van der Waals surface area contributed by atoms with Crippen LogP contribution in [-0.4, -0.2) is 29.9 Å². The maximum absolute atomic E-state index is 11.9. The number of nitrogens with zero attached hydrogens (tertiary/aromatic N) is 1. The molecule has 3 nitrogen and oxygen atoms in total. The van der Waals surface area contributed by atoms with Crippen LogP contribution in [0.1, 0.15) is 31.4 Å². The Morgan fingerprint density at radius 3 is 2.33 bits per heavy atom. The van der Waals surface area contributed by atoms with Gasteiger partial charge < -0.3 is 10.6 Å². The normalized spacial score (nSPS) is 11.4. The lowest BCUT2D eigenvalue weighted by atomic mass is 10.0. The van der Waals surface area contributed by atoms with E-state index in [9.17, 15) is 4.79 Å². The van der Waals surface area contributed by atoms with Crippen molar-refractivity contribution >= 4 is 5.91 Å². The van der Waals surface area contributed by atoms with Gasteiger partial charge in [-0.15, -0.1) is 0 Å². The Balaban J connectivity index is 2.43. The summed E-state index contributed by atoms with van der Waals surface area (Å²) in [6.07, 6.45) is 1.27. The van der Waals surface area contributed by atoms with Crippen LogP contribution < -0.4 is 5.73 Å². The Bertz CT molecular complexity index is 390. The van der Waals surface area contributed by atoms with Crippen molar-refractivity contribution in [2.75, 3.05) is 13.6 Å². The van der Waals surface area contributed by atoms with Crippen molar-refractivity contribution in [2.45, 2.75) is 39.2 Å². The largest absolute Gasteiger partial charge is 0.345 e. The molecule has 0 saturated heterocycles. The average molecular weight is 248 g/mol. The van der Waals surface area contributed by atoms with Gasteiger partial charge in [0.1, 0.15) is 0 Å². The minimum atomic E-state index is -0.435. The van der Waals surface area contributed by atoms with Crippen molar-refractivity contribution in [3.8, 4) is 0 Å². The summed E-state index contributed by atoms with van der Waals surface area (Å²) in [6.45, 7) is 6.55. The number of benzene rings is 1. The molecule has 0 saturated carbocycles. The molecule has 0 bridgehead atoms. The first-order chi connectivity index (χ1) is 8.28. The molecule has 0 atom stereocenters.